The van der Waals surface area contributed by atoms with E-state index in [1.165, 1.54) is 18.9 Å². The van der Waals surface area contributed by atoms with Gasteiger partial charge in [0.25, 0.3) is 0 Å². The maximum absolute atomic E-state index is 12.0. The van der Waals surface area contributed by atoms with Crippen molar-refractivity contribution in [3.63, 3.8) is 0 Å². The van der Waals surface area contributed by atoms with Crippen LogP contribution in [0.3, 0.4) is 0 Å². The van der Waals surface area contributed by atoms with Gasteiger partial charge < -0.3 is 19.2 Å². The molecule has 1 aromatic heterocycles. The van der Waals surface area contributed by atoms with Crippen molar-refractivity contribution in [1.29, 1.82) is 0 Å². The number of hydrogen-bond acceptors (Lipinski definition) is 6. The van der Waals surface area contributed by atoms with Crippen LogP contribution in [0.1, 0.15) is 16.9 Å². The van der Waals surface area contributed by atoms with E-state index < -0.39 is 0 Å². The van der Waals surface area contributed by atoms with Crippen LogP contribution in [-0.4, -0.2) is 35.6 Å². The minimum absolute atomic E-state index is 0.0689. The molecule has 0 amide bonds. The Labute approximate surface area is 197 Å². The number of phenols is 1. The van der Waals surface area contributed by atoms with Crippen LogP contribution in [0.2, 0.25) is 0 Å². The lowest BCUT2D eigenvalue weighted by molar-refractivity contribution is -0.104. The Balaban J connectivity index is 1.95. The largest absolute Gasteiger partial charge is 0.504 e. The summed E-state index contributed by atoms with van der Waals surface area (Å²) in [5.74, 6) is 1.19. The van der Waals surface area contributed by atoms with Gasteiger partial charge in [0.15, 0.2) is 23.0 Å². The number of allylic oxidation sites excluding steroid dienone is 2. The molecule has 0 spiro atoms. The Hall–Kier alpha value is -3.71. The molecule has 6 nitrogen and oxygen atoms in total. The Morgan fingerprint density at radius 2 is 2.03 bits per heavy atom. The number of rotatable bonds is 9. The second kappa shape index (κ2) is 11.8. The van der Waals surface area contributed by atoms with Crippen LogP contribution < -0.4 is 4.74 Å². The topological polar surface area (TPSA) is 75.3 Å². The first-order valence-corrected chi connectivity index (χ1v) is 11.1. The van der Waals surface area contributed by atoms with Crippen molar-refractivity contribution in [3.05, 3.63) is 95.3 Å². The zero-order valence-corrected chi connectivity index (χ0v) is 19.4. The summed E-state index contributed by atoms with van der Waals surface area (Å²) < 4.78 is 10.8. The number of carbonyl (C=O) groups is 1. The molecule has 7 heteroatoms. The van der Waals surface area contributed by atoms with Gasteiger partial charge in [-0.1, -0.05) is 24.3 Å². The minimum Gasteiger partial charge on any atom is -0.504 e. The quantitative estimate of drug-likeness (QED) is 0.142. The number of hydrogen-bond donors (Lipinski definition) is 1. The fourth-order valence-corrected chi connectivity index (χ4v) is 3.92. The van der Waals surface area contributed by atoms with Gasteiger partial charge in [-0.3, -0.25) is 4.79 Å². The minimum atomic E-state index is 0.0689. The third-order valence-corrected chi connectivity index (χ3v) is 5.71. The van der Waals surface area contributed by atoms with Crippen LogP contribution in [0.25, 0.3) is 6.08 Å². The second-order valence-corrected chi connectivity index (χ2v) is 8.20. The smallest absolute Gasteiger partial charge is 0.169 e. The standard InChI is InChI=1S/C26H26N2O4S/c1-4-9-20-14-19(16-24(31-3)25(20)30)15-23(18-29)33-26(27-21-10-6-5-7-11-21)28(2)17-22-12-8-13-32-22/h4-8,10-16,18,30H,1,9,17H2,2-3H3/b23-15-,27-26-. The van der Waals surface area contributed by atoms with E-state index in [2.05, 4.69) is 6.58 Å². The molecular formula is C26H26N2O4S. The molecule has 0 atom stereocenters. The summed E-state index contributed by atoms with van der Waals surface area (Å²) >= 11 is 1.25. The number of phenolic OH excluding ortho intramolecular Hbond substituents is 1. The highest BCUT2D eigenvalue weighted by Gasteiger charge is 2.14. The molecule has 0 saturated carbocycles. The lowest BCUT2D eigenvalue weighted by atomic mass is 10.1. The predicted molar refractivity (Wildman–Crippen MR) is 134 cm³/mol. The van der Waals surface area contributed by atoms with Crippen molar-refractivity contribution >= 4 is 35.0 Å². The molecule has 170 valence electrons. The van der Waals surface area contributed by atoms with Crippen LogP contribution in [0.5, 0.6) is 11.5 Å². The van der Waals surface area contributed by atoms with Gasteiger partial charge in [-0.05, 0) is 66.2 Å². The third kappa shape index (κ3) is 6.63. The number of carbonyl (C=O) groups excluding carboxylic acids is 1. The molecular weight excluding hydrogens is 436 g/mol. The molecule has 33 heavy (non-hydrogen) atoms. The molecule has 0 aliphatic rings. The third-order valence-electron chi connectivity index (χ3n) is 4.68. The first-order valence-electron chi connectivity index (χ1n) is 10.3. The lowest BCUT2D eigenvalue weighted by Gasteiger charge is -2.20. The number of thioether (sulfide) groups is 1. The van der Waals surface area contributed by atoms with Crippen molar-refractivity contribution in [1.82, 2.24) is 4.90 Å². The Kier molecular flexibility index (Phi) is 8.55. The number of aldehydes is 1. The Bertz CT molecular complexity index is 1140. The number of nitrogens with zero attached hydrogens (tertiary/aromatic N) is 2. The molecule has 0 aliphatic carbocycles. The molecule has 3 aromatic rings. The summed E-state index contributed by atoms with van der Waals surface area (Å²) in [7, 11) is 3.38. The van der Waals surface area contributed by atoms with Crippen molar-refractivity contribution in [2.24, 2.45) is 4.99 Å². The van der Waals surface area contributed by atoms with Crippen molar-refractivity contribution < 1.29 is 19.1 Å². The van der Waals surface area contributed by atoms with Gasteiger partial charge in [0.2, 0.25) is 0 Å². The number of aromatic hydroxyl groups is 1. The molecule has 0 unspecified atom stereocenters. The summed E-state index contributed by atoms with van der Waals surface area (Å²) in [6.07, 6.45) is 6.33. The maximum Gasteiger partial charge on any atom is 0.169 e. The number of para-hydroxylation sites is 1. The zero-order valence-electron chi connectivity index (χ0n) is 18.6. The van der Waals surface area contributed by atoms with Crippen LogP contribution in [0.15, 0.2) is 87.8 Å². The number of aliphatic imine (C=N–C) groups is 1. The van der Waals surface area contributed by atoms with E-state index in [4.69, 9.17) is 14.1 Å². The number of benzene rings is 2. The van der Waals surface area contributed by atoms with Crippen LogP contribution in [0, 0.1) is 0 Å². The van der Waals surface area contributed by atoms with Gasteiger partial charge >= 0.3 is 0 Å². The van der Waals surface area contributed by atoms with Crippen molar-refractivity contribution in [2.45, 2.75) is 13.0 Å². The fraction of sp³-hybridized carbons (Fsp3) is 0.154. The van der Waals surface area contributed by atoms with Gasteiger partial charge in [-0.25, -0.2) is 4.99 Å². The first-order chi connectivity index (χ1) is 16.0. The average Bonchev–Trinajstić information content (AvgIpc) is 3.33. The van der Waals surface area contributed by atoms with E-state index in [0.717, 1.165) is 23.3 Å². The van der Waals surface area contributed by atoms with Crippen molar-refractivity contribution in [3.8, 4) is 11.5 Å². The van der Waals surface area contributed by atoms with Gasteiger partial charge in [-0.2, -0.15) is 0 Å². The summed E-state index contributed by atoms with van der Waals surface area (Å²) in [5.41, 5.74) is 2.17. The molecule has 0 fully saturated rings. The maximum atomic E-state index is 12.0. The normalized spacial score (nSPS) is 11.8. The van der Waals surface area contributed by atoms with Gasteiger partial charge in [0.05, 0.1) is 30.5 Å². The number of methoxy groups -OCH3 is 1. The summed E-state index contributed by atoms with van der Waals surface area (Å²) in [6, 6.07) is 16.8. The van der Waals surface area contributed by atoms with Crippen LogP contribution in [-0.2, 0) is 17.8 Å². The molecule has 0 saturated heterocycles. The molecule has 0 aliphatic heterocycles. The summed E-state index contributed by atoms with van der Waals surface area (Å²) in [4.78, 5) is 19.1. The SMILES string of the molecule is C=CCc1cc(/C=C(/C=O)S/C(=N\c2ccccc2)N(C)Cc2ccco2)cc(OC)c1O. The van der Waals surface area contributed by atoms with E-state index in [0.29, 0.717) is 34.4 Å². The molecule has 2 aromatic carbocycles. The monoisotopic (exact) mass is 462 g/mol. The Morgan fingerprint density at radius 3 is 2.67 bits per heavy atom. The Morgan fingerprint density at radius 1 is 1.24 bits per heavy atom. The van der Waals surface area contributed by atoms with E-state index >= 15 is 0 Å². The highest BCUT2D eigenvalue weighted by atomic mass is 32.2. The van der Waals surface area contributed by atoms with Gasteiger partial charge in [0.1, 0.15) is 5.76 Å². The summed E-state index contributed by atoms with van der Waals surface area (Å²) in [6.45, 7) is 4.23. The molecule has 0 bridgehead atoms. The van der Waals surface area contributed by atoms with E-state index in [-0.39, 0.29) is 5.75 Å². The van der Waals surface area contributed by atoms with Gasteiger partial charge in [0, 0.05) is 12.6 Å². The van der Waals surface area contributed by atoms with Crippen LogP contribution in [0.4, 0.5) is 5.69 Å². The first kappa shape index (κ1) is 23.9. The number of ether oxygens (including phenoxy) is 1. The molecule has 3 rings (SSSR count). The van der Waals surface area contributed by atoms with Crippen LogP contribution >= 0.6 is 11.8 Å². The zero-order chi connectivity index (χ0) is 23.6. The molecule has 1 N–H and O–H groups in total. The summed E-state index contributed by atoms with van der Waals surface area (Å²) in [5, 5.41) is 11.0. The average molecular weight is 463 g/mol. The molecule has 0 radical (unpaired) electrons. The number of amidine groups is 1. The second-order valence-electron chi connectivity index (χ2n) is 7.16. The predicted octanol–water partition coefficient (Wildman–Crippen LogP) is 5.82. The van der Waals surface area contributed by atoms with E-state index in [1.54, 1.807) is 24.5 Å². The highest BCUT2D eigenvalue weighted by molar-refractivity contribution is 8.17. The van der Waals surface area contributed by atoms with E-state index in [9.17, 15) is 9.90 Å². The van der Waals surface area contributed by atoms with Crippen molar-refractivity contribution in [2.75, 3.05) is 14.2 Å². The van der Waals surface area contributed by atoms with E-state index in [1.807, 2.05) is 60.5 Å². The number of furan rings is 1. The van der Waals surface area contributed by atoms with Gasteiger partial charge in [-0.15, -0.1) is 6.58 Å². The highest BCUT2D eigenvalue weighted by Crippen LogP contribution is 2.34. The lowest BCUT2D eigenvalue weighted by Crippen LogP contribution is -2.23. The molecule has 1 heterocycles. The fourth-order valence-electron chi connectivity index (χ4n) is 3.10.